The summed E-state index contributed by atoms with van der Waals surface area (Å²) in [6, 6.07) is 20.1. The van der Waals surface area contributed by atoms with Crippen molar-refractivity contribution < 1.29 is 0 Å². The number of nitriles is 1. The van der Waals surface area contributed by atoms with Crippen molar-refractivity contribution in [3.8, 4) is 6.07 Å². The number of aliphatic imine (C=N–C) groups is 1. The highest BCUT2D eigenvalue weighted by Crippen LogP contribution is 2.21. The molecule has 1 aliphatic heterocycles. The second kappa shape index (κ2) is 7.23. The van der Waals surface area contributed by atoms with Crippen LogP contribution in [0.15, 0.2) is 64.7 Å². The van der Waals surface area contributed by atoms with E-state index in [4.69, 9.17) is 5.26 Å². The quantitative estimate of drug-likeness (QED) is 0.507. The number of para-hydroxylation sites is 1. The van der Waals surface area contributed by atoms with Crippen LogP contribution < -0.4 is 10.7 Å². The van der Waals surface area contributed by atoms with E-state index in [9.17, 15) is 0 Å². The molecule has 0 aromatic heterocycles. The molecule has 0 radical (unpaired) electrons. The molecule has 0 aliphatic carbocycles. The van der Waals surface area contributed by atoms with Gasteiger partial charge in [0.05, 0.1) is 19.0 Å². The van der Waals surface area contributed by atoms with Crippen molar-refractivity contribution in [3.05, 3.63) is 65.7 Å². The van der Waals surface area contributed by atoms with Gasteiger partial charge >= 0.3 is 0 Å². The van der Waals surface area contributed by atoms with E-state index in [2.05, 4.69) is 33.0 Å². The number of anilines is 1. The zero-order valence-corrected chi connectivity index (χ0v) is 12.7. The first-order valence-electron chi connectivity index (χ1n) is 7.51. The van der Waals surface area contributed by atoms with Gasteiger partial charge in [-0.1, -0.05) is 48.5 Å². The largest absolute Gasteiger partial charge is 0.338 e. The first kappa shape index (κ1) is 14.8. The van der Waals surface area contributed by atoms with Gasteiger partial charge in [0.15, 0.2) is 5.84 Å². The molecule has 1 aliphatic rings. The van der Waals surface area contributed by atoms with Crippen LogP contribution in [0.3, 0.4) is 0 Å². The van der Waals surface area contributed by atoms with E-state index in [0.717, 1.165) is 22.8 Å². The maximum Gasteiger partial charge on any atom is 0.154 e. The molecule has 2 aromatic carbocycles. The maximum atomic E-state index is 8.63. The van der Waals surface area contributed by atoms with Crippen molar-refractivity contribution >= 4 is 17.2 Å². The highest BCUT2D eigenvalue weighted by molar-refractivity contribution is 6.51. The summed E-state index contributed by atoms with van der Waals surface area (Å²) in [6.07, 6.45) is 0.411. The van der Waals surface area contributed by atoms with Gasteiger partial charge in [0.1, 0.15) is 5.71 Å². The molecule has 114 valence electrons. The average Bonchev–Trinajstić information content (AvgIpc) is 2.62. The Morgan fingerprint density at radius 1 is 1.17 bits per heavy atom. The molecule has 23 heavy (non-hydrogen) atoms. The topological polar surface area (TPSA) is 72.6 Å². The first-order chi connectivity index (χ1) is 11.4. The van der Waals surface area contributed by atoms with Gasteiger partial charge in [0.2, 0.25) is 0 Å². The summed E-state index contributed by atoms with van der Waals surface area (Å²) in [6.45, 7) is 1.14. The molecule has 0 unspecified atom stereocenters. The number of hydrazone groups is 1. The van der Waals surface area contributed by atoms with Crippen LogP contribution in [0.4, 0.5) is 5.69 Å². The fourth-order valence-corrected chi connectivity index (χ4v) is 2.34. The molecule has 2 aromatic rings. The van der Waals surface area contributed by atoms with E-state index in [1.165, 1.54) is 5.56 Å². The fraction of sp³-hybridized carbons (Fsp3) is 0.167. The number of benzene rings is 2. The second-order valence-electron chi connectivity index (χ2n) is 5.09. The molecule has 0 bridgehead atoms. The number of fused-ring (bicyclic) bond motifs is 1. The molecule has 0 fully saturated rings. The first-order valence-corrected chi connectivity index (χ1v) is 7.51. The van der Waals surface area contributed by atoms with Crippen molar-refractivity contribution in [2.75, 3.05) is 11.9 Å². The molecule has 0 saturated carbocycles. The van der Waals surface area contributed by atoms with Crippen molar-refractivity contribution in [3.63, 3.8) is 0 Å². The molecule has 3 rings (SSSR count). The van der Waals surface area contributed by atoms with Gasteiger partial charge in [0.25, 0.3) is 0 Å². The Bertz CT molecular complexity index is 771. The van der Waals surface area contributed by atoms with Gasteiger partial charge in [-0.05, 0) is 11.6 Å². The Kier molecular flexibility index (Phi) is 4.65. The Morgan fingerprint density at radius 2 is 1.96 bits per heavy atom. The van der Waals surface area contributed by atoms with Crippen molar-refractivity contribution in [1.82, 2.24) is 5.43 Å². The molecule has 1 heterocycles. The van der Waals surface area contributed by atoms with Gasteiger partial charge in [-0.3, -0.25) is 4.99 Å². The van der Waals surface area contributed by atoms with Crippen LogP contribution in [-0.2, 0) is 6.54 Å². The zero-order chi connectivity index (χ0) is 15.9. The summed E-state index contributed by atoms with van der Waals surface area (Å²) in [5.41, 5.74) is 6.90. The molecule has 0 amide bonds. The van der Waals surface area contributed by atoms with E-state index in [0.29, 0.717) is 19.5 Å². The van der Waals surface area contributed by atoms with Crippen molar-refractivity contribution in [1.29, 1.82) is 5.26 Å². The van der Waals surface area contributed by atoms with Crippen LogP contribution in [0.1, 0.15) is 17.5 Å². The summed E-state index contributed by atoms with van der Waals surface area (Å²) in [7, 11) is 0. The number of nitrogens with one attached hydrogen (secondary N) is 2. The smallest absolute Gasteiger partial charge is 0.154 e. The average molecular weight is 303 g/mol. The van der Waals surface area contributed by atoms with Gasteiger partial charge in [-0.15, -0.1) is 0 Å². The number of hydrogen-bond donors (Lipinski definition) is 2. The summed E-state index contributed by atoms with van der Waals surface area (Å²) >= 11 is 0. The van der Waals surface area contributed by atoms with E-state index in [1.54, 1.807) is 0 Å². The molecule has 0 atom stereocenters. The molecule has 5 heteroatoms. The van der Waals surface area contributed by atoms with Gasteiger partial charge in [-0.25, -0.2) is 0 Å². The molecule has 0 spiro atoms. The Morgan fingerprint density at radius 3 is 2.78 bits per heavy atom. The second-order valence-corrected chi connectivity index (χ2v) is 5.09. The third kappa shape index (κ3) is 3.55. The molecular formula is C18H17N5. The van der Waals surface area contributed by atoms with Gasteiger partial charge in [0, 0.05) is 17.8 Å². The fourth-order valence-electron chi connectivity index (χ4n) is 2.34. The lowest BCUT2D eigenvalue weighted by Gasteiger charge is -2.19. The summed E-state index contributed by atoms with van der Waals surface area (Å²) in [4.78, 5) is 4.62. The number of rotatable bonds is 5. The lowest BCUT2D eigenvalue weighted by atomic mass is 10.1. The molecule has 2 N–H and O–H groups in total. The Hall–Kier alpha value is -3.13. The van der Waals surface area contributed by atoms with Crippen molar-refractivity contribution in [2.45, 2.75) is 13.0 Å². The predicted octanol–water partition coefficient (Wildman–Crippen LogP) is 2.92. The van der Waals surface area contributed by atoms with Crippen LogP contribution in [-0.4, -0.2) is 18.1 Å². The summed E-state index contributed by atoms with van der Waals surface area (Å²) in [5, 5.41) is 16.4. The molecular weight excluding hydrogens is 286 g/mol. The van der Waals surface area contributed by atoms with Crippen LogP contribution in [0.25, 0.3) is 0 Å². The minimum atomic E-state index is 0.411. The highest BCUT2D eigenvalue weighted by atomic mass is 15.3. The zero-order valence-electron chi connectivity index (χ0n) is 12.7. The van der Waals surface area contributed by atoms with Crippen LogP contribution in [0, 0.1) is 11.3 Å². The van der Waals surface area contributed by atoms with Crippen LogP contribution in [0.2, 0.25) is 0 Å². The lowest BCUT2D eigenvalue weighted by Crippen LogP contribution is -2.29. The lowest BCUT2D eigenvalue weighted by molar-refractivity contribution is 0.748. The minimum absolute atomic E-state index is 0.411. The molecule has 0 saturated heterocycles. The maximum absolute atomic E-state index is 8.63. The van der Waals surface area contributed by atoms with Crippen LogP contribution in [0.5, 0.6) is 0 Å². The third-order valence-electron chi connectivity index (χ3n) is 3.49. The number of nitrogens with zero attached hydrogens (tertiary/aromatic N) is 3. The van der Waals surface area contributed by atoms with Gasteiger partial charge in [-0.2, -0.15) is 10.4 Å². The predicted molar refractivity (Wildman–Crippen MR) is 92.4 cm³/mol. The minimum Gasteiger partial charge on any atom is -0.338 e. The normalized spacial score (nSPS) is 13.3. The third-order valence-corrected chi connectivity index (χ3v) is 3.49. The SMILES string of the molecule is N#CCCN/N=C(/C1=NCc2ccccc2N1)c1ccccc1. The monoisotopic (exact) mass is 303 g/mol. The summed E-state index contributed by atoms with van der Waals surface area (Å²) in [5.74, 6) is 0.736. The highest BCUT2D eigenvalue weighted by Gasteiger charge is 2.17. The van der Waals surface area contributed by atoms with E-state index < -0.39 is 0 Å². The van der Waals surface area contributed by atoms with Crippen molar-refractivity contribution in [2.24, 2.45) is 10.1 Å². The Labute approximate surface area is 135 Å². The number of amidine groups is 1. The number of hydrogen-bond acceptors (Lipinski definition) is 5. The van der Waals surface area contributed by atoms with Gasteiger partial charge < -0.3 is 10.7 Å². The standard InChI is InChI=1S/C18H17N5/c19-11-6-12-21-23-17(14-7-2-1-3-8-14)18-20-13-15-9-4-5-10-16(15)22-18/h1-5,7-10,21H,6,12-13H2,(H,20,22)/b23-17+. The molecule has 5 nitrogen and oxygen atoms in total. The van der Waals surface area contributed by atoms with E-state index in [1.807, 2.05) is 48.5 Å². The van der Waals surface area contributed by atoms with E-state index >= 15 is 0 Å². The van der Waals surface area contributed by atoms with Crippen LogP contribution >= 0.6 is 0 Å². The summed E-state index contributed by atoms with van der Waals surface area (Å²) < 4.78 is 0. The van der Waals surface area contributed by atoms with E-state index in [-0.39, 0.29) is 0 Å². The Balaban J connectivity index is 1.87.